The van der Waals surface area contributed by atoms with Gasteiger partial charge in [-0.3, -0.25) is 27.8 Å². The molecule has 0 atom stereocenters. The number of benzene rings is 3. The zero-order valence-corrected chi connectivity index (χ0v) is 41.5. The number of hydrogen-bond donors (Lipinski definition) is 4. The van der Waals surface area contributed by atoms with E-state index < -0.39 is 80.6 Å². The number of unbranched alkanes of at least 4 members (excludes halogenated alkanes) is 1. The maximum atomic E-state index is 12.5. The third-order valence-electron chi connectivity index (χ3n) is 12.3. The van der Waals surface area contributed by atoms with Gasteiger partial charge in [-0.25, -0.2) is 4.79 Å². The van der Waals surface area contributed by atoms with E-state index in [9.17, 15) is 66.3 Å². The first-order valence-electron chi connectivity index (χ1n) is 21.8. The van der Waals surface area contributed by atoms with Crippen LogP contribution in [-0.4, -0.2) is 139 Å². The fourth-order valence-corrected chi connectivity index (χ4v) is 10.8. The Morgan fingerprint density at radius 1 is 0.743 bits per heavy atom. The molecule has 374 valence electrons. The summed E-state index contributed by atoms with van der Waals surface area (Å²) in [5.74, 6) is -2.99. The number of imide groups is 1. The number of fused-ring (bicyclic) bond motifs is 2. The summed E-state index contributed by atoms with van der Waals surface area (Å²) in [6, 6.07) is 15.7. The summed E-state index contributed by atoms with van der Waals surface area (Å²) in [5, 5.41) is 0.503. The summed E-state index contributed by atoms with van der Waals surface area (Å²) in [5.41, 5.74) is 3.53. The van der Waals surface area contributed by atoms with Crippen LogP contribution < -0.4 is 4.90 Å². The van der Waals surface area contributed by atoms with Crippen LogP contribution in [0.15, 0.2) is 100 Å². The van der Waals surface area contributed by atoms with Gasteiger partial charge in [-0.2, -0.15) is 38.2 Å². The molecular formula is C46H55N3NaO16S4+. The monoisotopic (exact) mass is 1060 g/mol. The average Bonchev–Trinajstić information content (AvgIpc) is 3.75. The normalized spacial score (nSPS) is 17.7. The molecule has 3 aromatic carbocycles. The molecule has 24 heteroatoms. The number of anilines is 1. The quantitative estimate of drug-likeness (QED) is 0.0286. The summed E-state index contributed by atoms with van der Waals surface area (Å²) in [4.78, 5) is 42.4. The molecule has 6 rings (SSSR count). The second-order valence-corrected chi connectivity index (χ2v) is 24.0. The topological polar surface area (TPSA) is 287 Å². The van der Waals surface area contributed by atoms with Crippen LogP contribution in [0.2, 0.25) is 0 Å². The maximum absolute atomic E-state index is 12.5. The van der Waals surface area contributed by atoms with Crippen LogP contribution in [0.5, 0.6) is 0 Å². The molecule has 2 amide bonds. The molecule has 70 heavy (non-hydrogen) atoms. The number of hydrogen-bond acceptors (Lipinski definition) is 13. The van der Waals surface area contributed by atoms with Gasteiger partial charge in [-0.05, 0) is 104 Å². The van der Waals surface area contributed by atoms with Crippen LogP contribution in [0.3, 0.4) is 0 Å². The second-order valence-electron chi connectivity index (χ2n) is 18.0. The summed E-state index contributed by atoms with van der Waals surface area (Å²) < 4.78 is 137. The summed E-state index contributed by atoms with van der Waals surface area (Å²) in [6.07, 6.45) is 8.42. The number of rotatable bonds is 20. The summed E-state index contributed by atoms with van der Waals surface area (Å²) >= 11 is 0. The van der Waals surface area contributed by atoms with E-state index in [-0.39, 0.29) is 84.5 Å². The molecule has 0 aliphatic carbocycles. The van der Waals surface area contributed by atoms with Gasteiger partial charge in [0.1, 0.15) is 6.54 Å². The Labute approximate surface area is 430 Å². The predicted octanol–water partition coefficient (Wildman–Crippen LogP) is 5.11. The van der Waals surface area contributed by atoms with Crippen molar-refractivity contribution < 1.29 is 75.7 Å². The third kappa shape index (κ3) is 13.6. The second kappa shape index (κ2) is 21.8. The summed E-state index contributed by atoms with van der Waals surface area (Å²) in [7, 11) is -17.9. The van der Waals surface area contributed by atoms with Gasteiger partial charge in [0.15, 0.2) is 5.71 Å². The number of hydroxylamine groups is 2. The Bertz CT molecular complexity index is 3160. The van der Waals surface area contributed by atoms with E-state index in [0.717, 1.165) is 5.56 Å². The van der Waals surface area contributed by atoms with Crippen LogP contribution in [0, 0.1) is 0 Å². The minimum absolute atomic E-state index is 0. The van der Waals surface area contributed by atoms with Gasteiger partial charge in [0.2, 0.25) is 5.69 Å². The Morgan fingerprint density at radius 3 is 1.96 bits per heavy atom. The molecule has 0 saturated carbocycles. The van der Waals surface area contributed by atoms with Crippen molar-refractivity contribution in [1.29, 1.82) is 0 Å². The fourth-order valence-electron chi connectivity index (χ4n) is 8.82. The minimum atomic E-state index is -4.62. The Hall–Kier alpha value is -4.40. The van der Waals surface area contributed by atoms with Crippen molar-refractivity contribution >= 4 is 110 Å². The molecule has 1 fully saturated rings. The van der Waals surface area contributed by atoms with Crippen molar-refractivity contribution in [2.75, 3.05) is 29.5 Å². The number of carbonyl (C=O) groups is 3. The van der Waals surface area contributed by atoms with Crippen molar-refractivity contribution in [2.45, 2.75) is 99.7 Å². The van der Waals surface area contributed by atoms with Crippen molar-refractivity contribution in [3.05, 3.63) is 113 Å². The first-order valence-corrected chi connectivity index (χ1v) is 27.9. The van der Waals surface area contributed by atoms with Gasteiger partial charge in [0.25, 0.3) is 52.3 Å². The Morgan fingerprint density at radius 2 is 1.34 bits per heavy atom. The Balaban J connectivity index is 0.00000913. The molecule has 0 bridgehead atoms. The van der Waals surface area contributed by atoms with Crippen molar-refractivity contribution in [3.8, 4) is 0 Å². The standard InChI is InChI=1S/C46H53N3O16S4.Na.H/c1-45(2)36-29-34(68(59,60)61)16-18-38(36)47(24-8-26-66(53,54)55)40(45)20-14-32(33-12-7-11-31(28-33)10-5-6-13-44(52)65-49-42(50)22-23-43(49)51)15-21-41-46(3,4)37-30-35(69(62,63)64)17-19-39(37)48(41)25-9-27-67(56,57)58;;/h7,11-12,14-21,28-30H,5-6,8-10,13,22-27H2,1-4H3,(H3-,53,54,55,56,57,58,59,60,61,62,63,64);;/p+1. The van der Waals surface area contributed by atoms with E-state index in [1.165, 1.54) is 36.4 Å². The number of amides is 2. The first kappa shape index (κ1) is 56.5. The molecule has 3 aliphatic rings. The van der Waals surface area contributed by atoms with Crippen LogP contribution in [-0.2, 0) is 76.9 Å². The van der Waals surface area contributed by atoms with E-state index in [1.807, 2.05) is 52.0 Å². The van der Waals surface area contributed by atoms with Crippen LogP contribution in [0.1, 0.15) is 94.9 Å². The molecule has 0 aromatic heterocycles. The number of allylic oxidation sites excluding steroid dienone is 6. The SMILES string of the molecule is CC1(C)C(/C=C/C(=C/C=C2/N(CCCS(=O)(=O)O)c3ccc(S(=O)(=O)O)cc3C2(C)C)c2cccc(CCCCC(=O)ON3C(=O)CCC3=O)c2)=[N+](CCCS(=O)(=O)O)c2ccc(S(=O)(=O)O)cc21.[NaH]. The third-order valence-corrected chi connectivity index (χ3v) is 15.6. The Kier molecular flexibility index (Phi) is 17.6. The molecule has 3 aliphatic heterocycles. The number of aryl methyl sites for hydroxylation is 1. The van der Waals surface area contributed by atoms with Gasteiger partial charge in [0.05, 0.1) is 26.7 Å². The molecule has 3 heterocycles. The zero-order valence-electron chi connectivity index (χ0n) is 38.2. The van der Waals surface area contributed by atoms with E-state index in [2.05, 4.69) is 0 Å². The van der Waals surface area contributed by atoms with Crippen molar-refractivity contribution in [1.82, 2.24) is 5.06 Å². The van der Waals surface area contributed by atoms with E-state index in [1.54, 1.807) is 33.8 Å². The van der Waals surface area contributed by atoms with Crippen LogP contribution in [0.25, 0.3) is 5.57 Å². The van der Waals surface area contributed by atoms with E-state index >= 15 is 0 Å². The zero-order chi connectivity index (χ0) is 50.9. The first-order chi connectivity index (χ1) is 32.0. The number of nitrogens with zero attached hydrogens (tertiary/aromatic N) is 3. The molecule has 19 nitrogen and oxygen atoms in total. The molecule has 1 saturated heterocycles. The molecule has 0 radical (unpaired) electrons. The van der Waals surface area contributed by atoms with E-state index in [4.69, 9.17) is 4.84 Å². The van der Waals surface area contributed by atoms with Gasteiger partial charge in [-0.15, -0.1) is 5.06 Å². The molecular weight excluding hydrogens is 1000 g/mol. The predicted molar refractivity (Wildman–Crippen MR) is 261 cm³/mol. The molecule has 4 N–H and O–H groups in total. The van der Waals surface area contributed by atoms with Gasteiger partial charge in [-0.1, -0.05) is 44.2 Å². The van der Waals surface area contributed by atoms with Gasteiger partial charge in [0, 0.05) is 66.7 Å². The number of carbonyl (C=O) groups excluding carboxylic acids is 3. The fraction of sp³-hybridized carbons (Fsp3) is 0.391. The van der Waals surface area contributed by atoms with E-state index in [0.29, 0.717) is 69.4 Å². The average molecular weight is 1060 g/mol. The molecule has 0 unspecified atom stereocenters. The van der Waals surface area contributed by atoms with Gasteiger partial charge >= 0.3 is 35.5 Å². The van der Waals surface area contributed by atoms with Crippen LogP contribution in [0.4, 0.5) is 11.4 Å². The molecule has 0 spiro atoms. The summed E-state index contributed by atoms with van der Waals surface area (Å²) in [6.45, 7) is 7.47. The van der Waals surface area contributed by atoms with Crippen molar-refractivity contribution in [2.24, 2.45) is 0 Å². The van der Waals surface area contributed by atoms with Crippen LogP contribution >= 0.6 is 0 Å². The van der Waals surface area contributed by atoms with Gasteiger partial charge < -0.3 is 9.74 Å². The molecule has 3 aromatic rings. The van der Waals surface area contributed by atoms with Crippen molar-refractivity contribution in [3.63, 3.8) is 0 Å².